The van der Waals surface area contributed by atoms with Crippen LogP contribution in [0.15, 0.2) is 18.2 Å². The highest BCUT2D eigenvalue weighted by Crippen LogP contribution is 2.27. The van der Waals surface area contributed by atoms with Gasteiger partial charge in [-0.15, -0.1) is 0 Å². The summed E-state index contributed by atoms with van der Waals surface area (Å²) in [5.41, 5.74) is 3.94. The summed E-state index contributed by atoms with van der Waals surface area (Å²) in [5, 5.41) is 0. The van der Waals surface area contributed by atoms with Gasteiger partial charge in [-0.1, -0.05) is 32.0 Å². The Bertz CT molecular complexity index is 352. The molecule has 1 atom stereocenters. The Kier molecular flexibility index (Phi) is 3.62. The summed E-state index contributed by atoms with van der Waals surface area (Å²) >= 11 is 0. The molecule has 0 radical (unpaired) electrons. The molecule has 0 aliphatic carbocycles. The van der Waals surface area contributed by atoms with E-state index in [-0.39, 0.29) is 6.10 Å². The summed E-state index contributed by atoms with van der Waals surface area (Å²) in [6, 6.07) is 6.65. The van der Waals surface area contributed by atoms with Crippen molar-refractivity contribution < 1.29 is 9.47 Å². The van der Waals surface area contributed by atoms with E-state index in [9.17, 15) is 0 Å². The number of rotatable bonds is 2. The van der Waals surface area contributed by atoms with Gasteiger partial charge in [0.1, 0.15) is 6.10 Å². The normalized spacial score (nSPS) is 21.4. The summed E-state index contributed by atoms with van der Waals surface area (Å²) in [6.07, 6.45) is 0.118. The molecule has 1 fully saturated rings. The first-order chi connectivity index (χ1) is 7.68. The molecule has 1 saturated heterocycles. The summed E-state index contributed by atoms with van der Waals surface area (Å²) in [5.74, 6) is 0.559. The van der Waals surface area contributed by atoms with E-state index in [1.165, 1.54) is 16.7 Å². The van der Waals surface area contributed by atoms with Gasteiger partial charge in [-0.3, -0.25) is 0 Å². The molecule has 2 heteroatoms. The topological polar surface area (TPSA) is 18.5 Å². The average molecular weight is 220 g/mol. The third-order valence-corrected chi connectivity index (χ3v) is 3.13. The van der Waals surface area contributed by atoms with Gasteiger partial charge in [0.2, 0.25) is 0 Å². The second-order valence-electron chi connectivity index (χ2n) is 4.71. The molecule has 0 bridgehead atoms. The molecule has 0 amide bonds. The van der Waals surface area contributed by atoms with Crippen LogP contribution in [0.1, 0.15) is 42.6 Å². The van der Waals surface area contributed by atoms with Crippen molar-refractivity contribution in [3.05, 3.63) is 34.9 Å². The summed E-state index contributed by atoms with van der Waals surface area (Å²) in [4.78, 5) is 0. The van der Waals surface area contributed by atoms with Crippen LogP contribution in [-0.4, -0.2) is 19.8 Å². The highest BCUT2D eigenvalue weighted by molar-refractivity contribution is 5.34. The van der Waals surface area contributed by atoms with E-state index < -0.39 is 0 Å². The van der Waals surface area contributed by atoms with Crippen LogP contribution in [0.2, 0.25) is 0 Å². The van der Waals surface area contributed by atoms with Crippen molar-refractivity contribution in [2.45, 2.75) is 32.8 Å². The number of benzene rings is 1. The van der Waals surface area contributed by atoms with Crippen molar-refractivity contribution in [2.24, 2.45) is 0 Å². The Labute approximate surface area is 97.6 Å². The molecule has 16 heavy (non-hydrogen) atoms. The van der Waals surface area contributed by atoms with Crippen LogP contribution < -0.4 is 0 Å². The Morgan fingerprint density at radius 1 is 1.25 bits per heavy atom. The molecular weight excluding hydrogens is 200 g/mol. The highest BCUT2D eigenvalue weighted by atomic mass is 16.6. The molecule has 2 rings (SSSR count). The Morgan fingerprint density at radius 3 is 2.69 bits per heavy atom. The number of hydrogen-bond donors (Lipinski definition) is 0. The molecule has 0 saturated carbocycles. The molecule has 88 valence electrons. The van der Waals surface area contributed by atoms with Crippen LogP contribution in [0, 0.1) is 6.92 Å². The SMILES string of the molecule is Cc1ccc(C(C)C)cc1C1COCCO1. The van der Waals surface area contributed by atoms with Gasteiger partial charge in [-0.05, 0) is 29.5 Å². The molecular formula is C14H20O2. The zero-order valence-electron chi connectivity index (χ0n) is 10.3. The summed E-state index contributed by atoms with van der Waals surface area (Å²) < 4.78 is 11.2. The molecule has 0 aromatic heterocycles. The van der Waals surface area contributed by atoms with Crippen LogP contribution in [0.3, 0.4) is 0 Å². The van der Waals surface area contributed by atoms with E-state index in [2.05, 4.69) is 39.0 Å². The molecule has 2 nitrogen and oxygen atoms in total. The minimum Gasteiger partial charge on any atom is -0.376 e. The maximum Gasteiger partial charge on any atom is 0.106 e. The fraction of sp³-hybridized carbons (Fsp3) is 0.571. The number of hydrogen-bond acceptors (Lipinski definition) is 2. The molecule has 0 N–H and O–H groups in total. The first-order valence-electron chi connectivity index (χ1n) is 5.98. The average Bonchev–Trinajstić information content (AvgIpc) is 2.30. The maximum atomic E-state index is 5.75. The van der Waals surface area contributed by atoms with Gasteiger partial charge in [-0.25, -0.2) is 0 Å². The molecule has 1 unspecified atom stereocenters. The van der Waals surface area contributed by atoms with Crippen molar-refractivity contribution in [3.8, 4) is 0 Å². The van der Waals surface area contributed by atoms with Gasteiger partial charge >= 0.3 is 0 Å². The molecule has 1 aliphatic heterocycles. The van der Waals surface area contributed by atoms with Crippen molar-refractivity contribution in [1.29, 1.82) is 0 Å². The number of ether oxygens (including phenoxy) is 2. The fourth-order valence-electron chi connectivity index (χ4n) is 2.03. The van der Waals surface area contributed by atoms with Crippen LogP contribution >= 0.6 is 0 Å². The zero-order valence-corrected chi connectivity index (χ0v) is 10.3. The minimum absolute atomic E-state index is 0.118. The lowest BCUT2D eigenvalue weighted by Crippen LogP contribution is -2.22. The van der Waals surface area contributed by atoms with E-state index in [1.54, 1.807) is 0 Å². The standard InChI is InChI=1S/C14H20O2/c1-10(2)12-5-4-11(3)13(8-12)14-9-15-6-7-16-14/h4-5,8,10,14H,6-7,9H2,1-3H3. The van der Waals surface area contributed by atoms with Gasteiger partial charge in [0.25, 0.3) is 0 Å². The quantitative estimate of drug-likeness (QED) is 0.762. The second-order valence-corrected chi connectivity index (χ2v) is 4.71. The third-order valence-electron chi connectivity index (χ3n) is 3.13. The van der Waals surface area contributed by atoms with Crippen molar-refractivity contribution >= 4 is 0 Å². The van der Waals surface area contributed by atoms with Gasteiger partial charge < -0.3 is 9.47 Å². The van der Waals surface area contributed by atoms with E-state index in [4.69, 9.17) is 9.47 Å². The van der Waals surface area contributed by atoms with Crippen LogP contribution in [-0.2, 0) is 9.47 Å². The lowest BCUT2D eigenvalue weighted by Gasteiger charge is -2.25. The highest BCUT2D eigenvalue weighted by Gasteiger charge is 2.19. The summed E-state index contributed by atoms with van der Waals surface area (Å²) in [6.45, 7) is 8.68. The van der Waals surface area contributed by atoms with Crippen molar-refractivity contribution in [1.82, 2.24) is 0 Å². The molecule has 1 aliphatic rings. The summed E-state index contributed by atoms with van der Waals surface area (Å²) in [7, 11) is 0. The minimum atomic E-state index is 0.118. The van der Waals surface area contributed by atoms with Crippen LogP contribution in [0.25, 0.3) is 0 Å². The monoisotopic (exact) mass is 220 g/mol. The largest absolute Gasteiger partial charge is 0.376 e. The first-order valence-corrected chi connectivity index (χ1v) is 5.98. The van der Waals surface area contributed by atoms with E-state index in [1.807, 2.05) is 0 Å². The Hall–Kier alpha value is -0.860. The van der Waals surface area contributed by atoms with Crippen LogP contribution in [0.4, 0.5) is 0 Å². The van der Waals surface area contributed by atoms with E-state index in [0.29, 0.717) is 19.1 Å². The van der Waals surface area contributed by atoms with Crippen molar-refractivity contribution in [2.75, 3.05) is 19.8 Å². The molecule has 0 spiro atoms. The lowest BCUT2D eigenvalue weighted by atomic mass is 9.95. The predicted octanol–water partition coefficient (Wildman–Crippen LogP) is 3.21. The van der Waals surface area contributed by atoms with E-state index in [0.717, 1.165) is 6.61 Å². The van der Waals surface area contributed by atoms with Crippen molar-refractivity contribution in [3.63, 3.8) is 0 Å². The first kappa shape index (κ1) is 11.6. The van der Waals surface area contributed by atoms with Gasteiger partial charge in [0.15, 0.2) is 0 Å². The van der Waals surface area contributed by atoms with Crippen LogP contribution in [0.5, 0.6) is 0 Å². The maximum absolute atomic E-state index is 5.75. The van der Waals surface area contributed by atoms with Gasteiger partial charge in [-0.2, -0.15) is 0 Å². The molecule has 1 aromatic rings. The van der Waals surface area contributed by atoms with E-state index >= 15 is 0 Å². The van der Waals surface area contributed by atoms with Gasteiger partial charge in [0.05, 0.1) is 19.8 Å². The lowest BCUT2D eigenvalue weighted by molar-refractivity contribution is -0.0903. The predicted molar refractivity (Wildman–Crippen MR) is 64.8 cm³/mol. The zero-order chi connectivity index (χ0) is 11.5. The Morgan fingerprint density at radius 2 is 2.06 bits per heavy atom. The Balaban J connectivity index is 2.27. The van der Waals surface area contributed by atoms with Gasteiger partial charge in [0, 0.05) is 0 Å². The fourth-order valence-corrected chi connectivity index (χ4v) is 2.03. The third kappa shape index (κ3) is 2.45. The second kappa shape index (κ2) is 4.98. The molecule has 1 heterocycles. The number of aryl methyl sites for hydroxylation is 1. The molecule has 1 aromatic carbocycles. The smallest absolute Gasteiger partial charge is 0.106 e.